The van der Waals surface area contributed by atoms with Crippen LogP contribution in [0.25, 0.3) is 0 Å². The van der Waals surface area contributed by atoms with Gasteiger partial charge in [-0.3, -0.25) is 0 Å². The molecule has 0 aromatic carbocycles. The summed E-state index contributed by atoms with van der Waals surface area (Å²) in [5.41, 5.74) is 0. The summed E-state index contributed by atoms with van der Waals surface area (Å²) in [5.74, 6) is 1.01. The van der Waals surface area contributed by atoms with Crippen molar-refractivity contribution in [1.82, 2.24) is 10.2 Å². The predicted octanol–water partition coefficient (Wildman–Crippen LogP) is 1.22. The van der Waals surface area contributed by atoms with E-state index in [1.54, 1.807) is 0 Å². The molecular weight excluding hydrogens is 160 g/mol. The van der Waals surface area contributed by atoms with Crippen LogP contribution in [0.15, 0.2) is 0 Å². The highest BCUT2D eigenvalue weighted by atomic mass is 15.2. The lowest BCUT2D eigenvalue weighted by Gasteiger charge is -2.47. The average Bonchev–Trinajstić information content (AvgIpc) is 2.14. The Kier molecular flexibility index (Phi) is 2.06. The van der Waals surface area contributed by atoms with E-state index in [1.165, 1.54) is 51.7 Å². The van der Waals surface area contributed by atoms with Crippen molar-refractivity contribution >= 4 is 0 Å². The molecule has 4 rings (SSSR count). The Morgan fingerprint density at radius 2 is 1.77 bits per heavy atom. The van der Waals surface area contributed by atoms with Crippen LogP contribution in [-0.4, -0.2) is 36.6 Å². The van der Waals surface area contributed by atoms with Crippen molar-refractivity contribution in [3.63, 3.8) is 0 Å². The van der Waals surface area contributed by atoms with Gasteiger partial charge >= 0.3 is 0 Å². The van der Waals surface area contributed by atoms with Gasteiger partial charge in [0.15, 0.2) is 0 Å². The third-order valence-electron chi connectivity index (χ3n) is 4.21. The van der Waals surface area contributed by atoms with Gasteiger partial charge in [-0.25, -0.2) is 0 Å². The first kappa shape index (κ1) is 8.25. The first-order chi connectivity index (χ1) is 6.42. The molecule has 2 heteroatoms. The highest BCUT2D eigenvalue weighted by Gasteiger charge is 2.35. The van der Waals surface area contributed by atoms with Gasteiger partial charge in [-0.15, -0.1) is 0 Å². The second-order valence-electron chi connectivity index (χ2n) is 5.04. The van der Waals surface area contributed by atoms with E-state index in [0.29, 0.717) is 0 Å². The summed E-state index contributed by atoms with van der Waals surface area (Å²) >= 11 is 0. The number of hydrogen-bond acceptors (Lipinski definition) is 2. The maximum absolute atomic E-state index is 3.85. The molecule has 74 valence electrons. The van der Waals surface area contributed by atoms with E-state index in [9.17, 15) is 0 Å². The molecule has 0 aromatic rings. The highest BCUT2D eigenvalue weighted by molar-refractivity contribution is 4.93. The molecule has 0 amide bonds. The molecule has 3 saturated heterocycles. The number of hydrogen-bond donors (Lipinski definition) is 1. The summed E-state index contributed by atoms with van der Waals surface area (Å²) in [7, 11) is 0. The summed E-state index contributed by atoms with van der Waals surface area (Å²) in [4.78, 5) is 2.64. The van der Waals surface area contributed by atoms with Crippen LogP contribution in [0, 0.1) is 5.92 Å². The maximum Gasteiger partial charge on any atom is 0.0226 e. The zero-order valence-corrected chi connectivity index (χ0v) is 8.34. The SMILES string of the molecule is C1CC(NC2CN3CCC2CC3)C1. The fourth-order valence-corrected chi connectivity index (χ4v) is 3.03. The predicted molar refractivity (Wildman–Crippen MR) is 53.7 cm³/mol. The van der Waals surface area contributed by atoms with Gasteiger partial charge in [0, 0.05) is 18.6 Å². The molecule has 4 fully saturated rings. The van der Waals surface area contributed by atoms with Crippen LogP contribution >= 0.6 is 0 Å². The largest absolute Gasteiger partial charge is 0.310 e. The molecule has 1 saturated carbocycles. The molecule has 3 aliphatic heterocycles. The lowest BCUT2D eigenvalue weighted by Crippen LogP contribution is -2.58. The number of nitrogens with zero attached hydrogens (tertiary/aromatic N) is 1. The van der Waals surface area contributed by atoms with Gasteiger partial charge in [0.05, 0.1) is 0 Å². The fourth-order valence-electron chi connectivity index (χ4n) is 3.03. The van der Waals surface area contributed by atoms with Gasteiger partial charge < -0.3 is 10.2 Å². The molecule has 1 aliphatic carbocycles. The number of nitrogens with one attached hydrogen (secondary N) is 1. The van der Waals surface area contributed by atoms with Crippen molar-refractivity contribution in [2.75, 3.05) is 19.6 Å². The van der Waals surface area contributed by atoms with E-state index in [4.69, 9.17) is 0 Å². The molecule has 2 bridgehead atoms. The monoisotopic (exact) mass is 180 g/mol. The summed E-state index contributed by atoms with van der Waals surface area (Å²) in [5, 5.41) is 3.85. The van der Waals surface area contributed by atoms with E-state index in [-0.39, 0.29) is 0 Å². The third-order valence-corrected chi connectivity index (χ3v) is 4.21. The van der Waals surface area contributed by atoms with Gasteiger partial charge in [0.25, 0.3) is 0 Å². The highest BCUT2D eigenvalue weighted by Crippen LogP contribution is 2.29. The standard InChI is InChI=1S/C11H20N2/c1-2-10(3-1)12-11-8-13-6-4-9(11)5-7-13/h9-12H,1-8H2. The molecule has 1 unspecified atom stereocenters. The Morgan fingerprint density at radius 1 is 1.00 bits per heavy atom. The Balaban J connectivity index is 1.58. The number of fused-ring (bicyclic) bond motifs is 3. The van der Waals surface area contributed by atoms with Crippen LogP contribution in [0.3, 0.4) is 0 Å². The summed E-state index contributed by atoms with van der Waals surface area (Å²) in [6, 6.07) is 1.72. The van der Waals surface area contributed by atoms with Gasteiger partial charge in [-0.05, 0) is 44.7 Å². The minimum absolute atomic E-state index is 0.841. The van der Waals surface area contributed by atoms with E-state index in [0.717, 1.165) is 18.0 Å². The summed E-state index contributed by atoms with van der Waals surface area (Å²) in [6.07, 6.45) is 7.22. The molecule has 13 heavy (non-hydrogen) atoms. The van der Waals surface area contributed by atoms with Crippen LogP contribution in [0.4, 0.5) is 0 Å². The minimum atomic E-state index is 0.841. The molecule has 3 heterocycles. The summed E-state index contributed by atoms with van der Waals surface area (Å²) < 4.78 is 0. The molecule has 0 radical (unpaired) electrons. The van der Waals surface area contributed by atoms with E-state index >= 15 is 0 Å². The minimum Gasteiger partial charge on any atom is -0.310 e. The molecule has 1 N–H and O–H groups in total. The quantitative estimate of drug-likeness (QED) is 0.687. The first-order valence-corrected chi connectivity index (χ1v) is 5.90. The maximum atomic E-state index is 3.85. The van der Waals surface area contributed by atoms with E-state index in [1.807, 2.05) is 0 Å². The lowest BCUT2D eigenvalue weighted by atomic mass is 9.82. The van der Waals surface area contributed by atoms with Crippen molar-refractivity contribution in [2.45, 2.75) is 44.2 Å². The van der Waals surface area contributed by atoms with Crippen molar-refractivity contribution < 1.29 is 0 Å². The van der Waals surface area contributed by atoms with Crippen molar-refractivity contribution in [3.8, 4) is 0 Å². The zero-order valence-electron chi connectivity index (χ0n) is 8.34. The Labute approximate surface area is 80.7 Å². The molecule has 1 atom stereocenters. The van der Waals surface area contributed by atoms with Crippen LogP contribution in [0.2, 0.25) is 0 Å². The smallest absolute Gasteiger partial charge is 0.0226 e. The second kappa shape index (κ2) is 3.25. The molecule has 0 aromatic heterocycles. The first-order valence-electron chi connectivity index (χ1n) is 5.90. The Morgan fingerprint density at radius 3 is 2.23 bits per heavy atom. The normalized spacial score (nSPS) is 44.8. The second-order valence-corrected chi connectivity index (χ2v) is 5.04. The van der Waals surface area contributed by atoms with Gasteiger partial charge in [-0.1, -0.05) is 6.42 Å². The summed E-state index contributed by atoms with van der Waals surface area (Å²) in [6.45, 7) is 4.07. The zero-order chi connectivity index (χ0) is 8.67. The van der Waals surface area contributed by atoms with Crippen molar-refractivity contribution in [1.29, 1.82) is 0 Å². The average molecular weight is 180 g/mol. The molecule has 0 spiro atoms. The Bertz CT molecular complexity index is 181. The van der Waals surface area contributed by atoms with Gasteiger partial charge in [-0.2, -0.15) is 0 Å². The topological polar surface area (TPSA) is 15.3 Å². The van der Waals surface area contributed by atoms with Gasteiger partial charge in [0.1, 0.15) is 0 Å². The van der Waals surface area contributed by atoms with Gasteiger partial charge in [0.2, 0.25) is 0 Å². The number of rotatable bonds is 2. The van der Waals surface area contributed by atoms with E-state index < -0.39 is 0 Å². The van der Waals surface area contributed by atoms with E-state index in [2.05, 4.69) is 10.2 Å². The van der Waals surface area contributed by atoms with Crippen LogP contribution in [-0.2, 0) is 0 Å². The lowest BCUT2D eigenvalue weighted by molar-refractivity contribution is 0.0607. The molecule has 4 aliphatic rings. The van der Waals surface area contributed by atoms with Crippen LogP contribution in [0.5, 0.6) is 0 Å². The molecular formula is C11H20N2. The van der Waals surface area contributed by atoms with Crippen LogP contribution in [0.1, 0.15) is 32.1 Å². The van der Waals surface area contributed by atoms with Crippen molar-refractivity contribution in [2.24, 2.45) is 5.92 Å². The number of piperidine rings is 3. The van der Waals surface area contributed by atoms with Crippen LogP contribution < -0.4 is 5.32 Å². The van der Waals surface area contributed by atoms with Crippen molar-refractivity contribution in [3.05, 3.63) is 0 Å². The molecule has 2 nitrogen and oxygen atoms in total. The third kappa shape index (κ3) is 1.50. The fraction of sp³-hybridized carbons (Fsp3) is 1.00. The Hall–Kier alpha value is -0.0800.